The Kier molecular flexibility index (Phi) is 46.9. The second kappa shape index (κ2) is 49.0. The fourth-order valence-corrected chi connectivity index (χ4v) is 7.24. The molecule has 0 aromatic heterocycles. The van der Waals surface area contributed by atoms with Crippen LogP contribution in [0.5, 0.6) is 0 Å². The molecule has 0 amide bonds. The van der Waals surface area contributed by atoms with Crippen molar-refractivity contribution in [2.75, 3.05) is 13.2 Å². The van der Waals surface area contributed by atoms with Crippen molar-refractivity contribution >= 4 is 17.9 Å². The van der Waals surface area contributed by atoms with Crippen molar-refractivity contribution in [3.63, 3.8) is 0 Å². The van der Waals surface area contributed by atoms with Gasteiger partial charge in [0.2, 0.25) is 0 Å². The molecule has 1 atom stereocenters. The van der Waals surface area contributed by atoms with Crippen LogP contribution in [0.25, 0.3) is 0 Å². The minimum absolute atomic E-state index is 0.0895. The van der Waals surface area contributed by atoms with Gasteiger partial charge in [0.15, 0.2) is 6.10 Å². The van der Waals surface area contributed by atoms with Crippen molar-refractivity contribution in [1.82, 2.24) is 0 Å². The number of ether oxygens (including phenoxy) is 3. The van der Waals surface area contributed by atoms with Crippen LogP contribution in [0.4, 0.5) is 0 Å². The van der Waals surface area contributed by atoms with Crippen LogP contribution >= 0.6 is 0 Å². The molecule has 0 aliphatic heterocycles. The first-order valence-electron chi connectivity index (χ1n) is 25.7. The maximum atomic E-state index is 12.8. The quantitative estimate of drug-likeness (QED) is 0.0200. The van der Waals surface area contributed by atoms with Gasteiger partial charge in [-0.25, -0.2) is 0 Å². The molecule has 0 rings (SSSR count). The van der Waals surface area contributed by atoms with Crippen LogP contribution in [0, 0.1) is 0 Å². The first-order chi connectivity index (χ1) is 29.5. The maximum absolute atomic E-state index is 12.8. The summed E-state index contributed by atoms with van der Waals surface area (Å²) in [4.78, 5) is 37.8. The van der Waals surface area contributed by atoms with Gasteiger partial charge in [-0.05, 0) is 70.6 Å². The van der Waals surface area contributed by atoms with E-state index >= 15 is 0 Å². The molecule has 6 nitrogen and oxygen atoms in total. The molecule has 1 unspecified atom stereocenters. The molecule has 0 aromatic carbocycles. The second-order valence-electron chi connectivity index (χ2n) is 17.1. The molecule has 0 fully saturated rings. The van der Waals surface area contributed by atoms with Crippen LogP contribution < -0.4 is 0 Å². The van der Waals surface area contributed by atoms with Gasteiger partial charge in [-0.15, -0.1) is 0 Å². The number of hydrogen-bond acceptors (Lipinski definition) is 6. The molecule has 0 aromatic rings. The van der Waals surface area contributed by atoms with Crippen molar-refractivity contribution < 1.29 is 28.6 Å². The minimum Gasteiger partial charge on any atom is -0.462 e. The van der Waals surface area contributed by atoms with Crippen molar-refractivity contribution in [3.05, 3.63) is 48.6 Å². The van der Waals surface area contributed by atoms with Gasteiger partial charge in [-0.2, -0.15) is 0 Å². The largest absolute Gasteiger partial charge is 0.462 e. The summed E-state index contributed by atoms with van der Waals surface area (Å²) in [6.45, 7) is 6.48. The van der Waals surface area contributed by atoms with E-state index in [1.807, 2.05) is 0 Å². The highest BCUT2D eigenvalue weighted by molar-refractivity contribution is 5.71. The highest BCUT2D eigenvalue weighted by Gasteiger charge is 2.19. The predicted octanol–water partition coefficient (Wildman–Crippen LogP) is 16.7. The number of carbonyl (C=O) groups is 3. The lowest BCUT2D eigenvalue weighted by molar-refractivity contribution is -0.167. The molecule has 0 spiro atoms. The lowest BCUT2D eigenvalue weighted by Gasteiger charge is -2.18. The lowest BCUT2D eigenvalue weighted by atomic mass is 10.0. The van der Waals surface area contributed by atoms with Gasteiger partial charge in [0.25, 0.3) is 0 Å². The van der Waals surface area contributed by atoms with E-state index in [4.69, 9.17) is 14.2 Å². The van der Waals surface area contributed by atoms with Crippen LogP contribution in [0.1, 0.15) is 258 Å². The molecule has 6 heteroatoms. The SMILES string of the molecule is CC/C=C\C/C=C\CCCCC(=O)OCC(COC(=O)CCCCCCC/C=C\C=C/CCCCCCCCC)OC(=O)CCCCCCCCCCCCCCCCC. The van der Waals surface area contributed by atoms with Crippen LogP contribution in [-0.4, -0.2) is 37.2 Å². The topological polar surface area (TPSA) is 78.9 Å². The van der Waals surface area contributed by atoms with Gasteiger partial charge in [0.05, 0.1) is 0 Å². The van der Waals surface area contributed by atoms with Gasteiger partial charge in [-0.3, -0.25) is 14.4 Å². The number of rotatable bonds is 46. The summed E-state index contributed by atoms with van der Waals surface area (Å²) in [6.07, 6.45) is 58.2. The molecular formula is C54H96O6. The molecule has 0 aliphatic carbocycles. The maximum Gasteiger partial charge on any atom is 0.306 e. The molecule has 60 heavy (non-hydrogen) atoms. The summed E-state index contributed by atoms with van der Waals surface area (Å²) in [7, 11) is 0. The van der Waals surface area contributed by atoms with Gasteiger partial charge in [-0.1, -0.05) is 217 Å². The molecule has 0 aliphatic rings. The average molecular weight is 841 g/mol. The Labute approximate surface area is 371 Å². The summed E-state index contributed by atoms with van der Waals surface area (Å²) in [6, 6.07) is 0. The van der Waals surface area contributed by atoms with Crippen molar-refractivity contribution in [2.45, 2.75) is 264 Å². The van der Waals surface area contributed by atoms with Gasteiger partial charge < -0.3 is 14.2 Å². The number of hydrogen-bond donors (Lipinski definition) is 0. The van der Waals surface area contributed by atoms with Crippen LogP contribution in [-0.2, 0) is 28.6 Å². The minimum atomic E-state index is -0.788. The fraction of sp³-hybridized carbons (Fsp3) is 0.796. The smallest absolute Gasteiger partial charge is 0.306 e. The van der Waals surface area contributed by atoms with E-state index in [1.54, 1.807) is 0 Å². The lowest BCUT2D eigenvalue weighted by Crippen LogP contribution is -2.30. The summed E-state index contributed by atoms with van der Waals surface area (Å²) in [5.41, 5.74) is 0. The molecule has 0 N–H and O–H groups in total. The number of esters is 3. The first-order valence-corrected chi connectivity index (χ1v) is 25.7. The number of allylic oxidation sites excluding steroid dienone is 8. The summed E-state index contributed by atoms with van der Waals surface area (Å²) < 4.78 is 16.7. The van der Waals surface area contributed by atoms with Gasteiger partial charge >= 0.3 is 17.9 Å². The standard InChI is InChI=1S/C54H96O6/c1-4-7-10-13-16-19-21-23-25-26-27-29-30-32-35-38-41-44-47-53(56)59-50-51(49-58-52(55)46-43-40-37-34-18-15-12-9-6-3)60-54(57)48-45-42-39-36-33-31-28-24-22-20-17-14-11-8-5-2/h9,12,18,25-27,29,34,51H,4-8,10-11,13-17,19-24,28,30-33,35-50H2,1-3H3/b12-9-,26-25-,29-27-,34-18-. The van der Waals surface area contributed by atoms with Crippen molar-refractivity contribution in [2.24, 2.45) is 0 Å². The normalized spacial score (nSPS) is 12.4. The monoisotopic (exact) mass is 841 g/mol. The Morgan fingerprint density at radius 2 is 0.700 bits per heavy atom. The van der Waals surface area contributed by atoms with Crippen LogP contribution in [0.2, 0.25) is 0 Å². The van der Waals surface area contributed by atoms with Crippen LogP contribution in [0.3, 0.4) is 0 Å². The summed E-state index contributed by atoms with van der Waals surface area (Å²) in [5.74, 6) is -0.934. The molecule has 0 heterocycles. The zero-order valence-corrected chi connectivity index (χ0v) is 39.7. The Morgan fingerprint density at radius 3 is 1.13 bits per heavy atom. The van der Waals surface area contributed by atoms with Crippen molar-refractivity contribution in [3.8, 4) is 0 Å². The molecule has 0 saturated carbocycles. The van der Waals surface area contributed by atoms with E-state index in [0.29, 0.717) is 19.3 Å². The van der Waals surface area contributed by atoms with E-state index in [2.05, 4.69) is 69.4 Å². The highest BCUT2D eigenvalue weighted by atomic mass is 16.6. The zero-order chi connectivity index (χ0) is 43.7. The molecular weight excluding hydrogens is 745 g/mol. The zero-order valence-electron chi connectivity index (χ0n) is 39.7. The molecule has 0 radical (unpaired) electrons. The molecule has 0 saturated heterocycles. The third kappa shape index (κ3) is 46.4. The van der Waals surface area contributed by atoms with Gasteiger partial charge in [0.1, 0.15) is 13.2 Å². The third-order valence-electron chi connectivity index (χ3n) is 11.1. The Morgan fingerprint density at radius 1 is 0.367 bits per heavy atom. The van der Waals surface area contributed by atoms with E-state index in [1.165, 1.54) is 128 Å². The predicted molar refractivity (Wildman–Crippen MR) is 256 cm³/mol. The first kappa shape index (κ1) is 57.4. The summed E-state index contributed by atoms with van der Waals surface area (Å²) >= 11 is 0. The van der Waals surface area contributed by atoms with E-state index in [-0.39, 0.29) is 31.1 Å². The Balaban J connectivity index is 4.34. The second-order valence-corrected chi connectivity index (χ2v) is 17.1. The van der Waals surface area contributed by atoms with Crippen LogP contribution in [0.15, 0.2) is 48.6 Å². The van der Waals surface area contributed by atoms with Crippen molar-refractivity contribution in [1.29, 1.82) is 0 Å². The molecule has 0 bridgehead atoms. The highest BCUT2D eigenvalue weighted by Crippen LogP contribution is 2.15. The van der Waals surface area contributed by atoms with E-state index in [9.17, 15) is 14.4 Å². The summed E-state index contributed by atoms with van der Waals surface area (Å²) in [5, 5.41) is 0. The average Bonchev–Trinajstić information content (AvgIpc) is 3.24. The number of carbonyl (C=O) groups excluding carboxylic acids is 3. The molecule has 348 valence electrons. The van der Waals surface area contributed by atoms with E-state index in [0.717, 1.165) is 89.9 Å². The third-order valence-corrected chi connectivity index (χ3v) is 11.1. The number of unbranched alkanes of at least 4 members (excludes halogenated alkanes) is 28. The van der Waals surface area contributed by atoms with Gasteiger partial charge in [0, 0.05) is 19.3 Å². The fourth-order valence-electron chi connectivity index (χ4n) is 7.24. The van der Waals surface area contributed by atoms with E-state index < -0.39 is 6.10 Å². The Hall–Kier alpha value is -2.63. The Bertz CT molecular complexity index is 1060.